The molecule has 1 aliphatic carbocycles. The zero-order valence-corrected chi connectivity index (χ0v) is 15.8. The summed E-state index contributed by atoms with van der Waals surface area (Å²) in [7, 11) is -3.73. The van der Waals surface area contributed by atoms with E-state index in [-0.39, 0.29) is 23.3 Å². The van der Waals surface area contributed by atoms with Crippen molar-refractivity contribution < 1.29 is 18.0 Å². The molecule has 3 N–H and O–H groups in total. The first-order valence-electron chi connectivity index (χ1n) is 9.04. The fourth-order valence-electron chi connectivity index (χ4n) is 3.98. The van der Waals surface area contributed by atoms with E-state index in [2.05, 4.69) is 20.3 Å². The summed E-state index contributed by atoms with van der Waals surface area (Å²) in [5, 5.41) is 4.95. The number of pyridine rings is 1. The lowest BCUT2D eigenvalue weighted by molar-refractivity contribution is -0.125. The average Bonchev–Trinajstić information content (AvgIpc) is 3.23. The number of hydrogen-bond donors (Lipinski definition) is 3. The zero-order chi connectivity index (χ0) is 19.8. The molecule has 9 heteroatoms. The normalized spacial score (nSPS) is 24.4. The molecule has 146 valence electrons. The van der Waals surface area contributed by atoms with Crippen molar-refractivity contribution in [3.8, 4) is 11.1 Å². The van der Waals surface area contributed by atoms with E-state index in [1.54, 1.807) is 36.7 Å². The van der Waals surface area contributed by atoms with E-state index in [1.165, 1.54) is 0 Å². The van der Waals surface area contributed by atoms with Crippen molar-refractivity contribution in [3.63, 3.8) is 0 Å². The number of sulfonamides is 1. The first kappa shape index (κ1) is 18.6. The molecule has 2 aliphatic rings. The van der Waals surface area contributed by atoms with Crippen molar-refractivity contribution in [2.75, 3.05) is 6.54 Å². The highest BCUT2D eigenvalue weighted by Gasteiger charge is 2.54. The molecule has 1 aromatic carbocycles. The van der Waals surface area contributed by atoms with Gasteiger partial charge in [0.15, 0.2) is 0 Å². The van der Waals surface area contributed by atoms with E-state index in [0.29, 0.717) is 12.8 Å². The Hall–Kier alpha value is -2.78. The predicted molar refractivity (Wildman–Crippen MR) is 102 cm³/mol. The fourth-order valence-corrected chi connectivity index (χ4v) is 5.06. The third-order valence-electron chi connectivity index (χ3n) is 5.47. The van der Waals surface area contributed by atoms with Crippen LogP contribution in [0.2, 0.25) is 0 Å². The lowest BCUT2D eigenvalue weighted by atomic mass is 9.87. The lowest BCUT2D eigenvalue weighted by Gasteiger charge is -2.28. The summed E-state index contributed by atoms with van der Waals surface area (Å²) in [6.07, 6.45) is 5.31. The van der Waals surface area contributed by atoms with Crippen LogP contribution in [0, 0.1) is 5.92 Å². The molecule has 8 nitrogen and oxygen atoms in total. The van der Waals surface area contributed by atoms with Crippen LogP contribution in [0.3, 0.4) is 0 Å². The van der Waals surface area contributed by atoms with Crippen molar-refractivity contribution >= 4 is 22.0 Å². The van der Waals surface area contributed by atoms with Gasteiger partial charge in [-0.1, -0.05) is 24.6 Å². The second kappa shape index (κ2) is 6.99. The molecule has 1 aliphatic heterocycles. The van der Waals surface area contributed by atoms with Gasteiger partial charge in [0.05, 0.1) is 4.90 Å². The molecule has 1 aromatic heterocycles. The Morgan fingerprint density at radius 3 is 2.57 bits per heavy atom. The molecule has 2 fully saturated rings. The smallest absolute Gasteiger partial charge is 0.322 e. The Kier molecular flexibility index (Phi) is 4.64. The maximum absolute atomic E-state index is 12.7. The van der Waals surface area contributed by atoms with E-state index in [1.807, 2.05) is 12.1 Å². The van der Waals surface area contributed by atoms with E-state index >= 15 is 0 Å². The van der Waals surface area contributed by atoms with Gasteiger partial charge in [0.1, 0.15) is 5.54 Å². The van der Waals surface area contributed by atoms with Gasteiger partial charge in [0, 0.05) is 24.9 Å². The third kappa shape index (κ3) is 3.27. The van der Waals surface area contributed by atoms with Crippen LogP contribution in [-0.4, -0.2) is 37.4 Å². The van der Waals surface area contributed by atoms with Gasteiger partial charge in [0.25, 0.3) is 5.91 Å². The quantitative estimate of drug-likeness (QED) is 0.656. The summed E-state index contributed by atoms with van der Waals surface area (Å²) in [5.41, 5.74) is 0.756. The second-order valence-corrected chi connectivity index (χ2v) is 8.85. The van der Waals surface area contributed by atoms with Crippen molar-refractivity contribution in [2.24, 2.45) is 5.92 Å². The van der Waals surface area contributed by atoms with Crippen LogP contribution in [0.1, 0.15) is 19.3 Å². The molecule has 2 heterocycles. The second-order valence-electron chi connectivity index (χ2n) is 7.09. The zero-order valence-electron chi connectivity index (χ0n) is 15.0. The maximum Gasteiger partial charge on any atom is 0.322 e. The summed E-state index contributed by atoms with van der Waals surface area (Å²) >= 11 is 0. The van der Waals surface area contributed by atoms with Gasteiger partial charge in [-0.2, -0.15) is 0 Å². The number of amides is 3. The number of nitrogens with one attached hydrogen (secondary N) is 3. The van der Waals surface area contributed by atoms with Gasteiger partial charge in [-0.15, -0.1) is 0 Å². The minimum Gasteiger partial charge on any atom is -0.323 e. The van der Waals surface area contributed by atoms with Gasteiger partial charge in [-0.05, 0) is 42.2 Å². The number of hydrogen-bond acceptors (Lipinski definition) is 5. The number of carbonyl (C=O) groups is 2. The fraction of sp³-hybridized carbons (Fsp3) is 0.316. The summed E-state index contributed by atoms with van der Waals surface area (Å²) in [6, 6.07) is 9.73. The minimum absolute atomic E-state index is 0.0837. The topological polar surface area (TPSA) is 117 Å². The van der Waals surface area contributed by atoms with Crippen molar-refractivity contribution in [2.45, 2.75) is 29.7 Å². The number of rotatable bonds is 5. The molecular weight excluding hydrogens is 380 g/mol. The van der Waals surface area contributed by atoms with E-state index in [0.717, 1.165) is 17.5 Å². The molecule has 3 amide bonds. The molecule has 1 spiro atoms. The van der Waals surface area contributed by atoms with Crippen LogP contribution in [0.15, 0.2) is 53.7 Å². The van der Waals surface area contributed by atoms with Gasteiger partial charge in [-0.25, -0.2) is 17.9 Å². The average molecular weight is 400 g/mol. The van der Waals surface area contributed by atoms with Gasteiger partial charge < -0.3 is 5.32 Å². The number of nitrogens with zero attached hydrogens (tertiary/aromatic N) is 1. The van der Waals surface area contributed by atoms with Crippen LogP contribution in [0.25, 0.3) is 11.1 Å². The highest BCUT2D eigenvalue weighted by Crippen LogP contribution is 2.37. The first-order chi connectivity index (χ1) is 13.4. The predicted octanol–water partition coefficient (Wildman–Crippen LogP) is 1.41. The molecular formula is C19H20N4O4S. The molecule has 2 aromatic rings. The van der Waals surface area contributed by atoms with Crippen molar-refractivity contribution in [3.05, 3.63) is 48.8 Å². The molecule has 0 bridgehead atoms. The Morgan fingerprint density at radius 2 is 1.93 bits per heavy atom. The molecule has 4 rings (SSSR count). The molecule has 1 saturated carbocycles. The summed E-state index contributed by atoms with van der Waals surface area (Å²) < 4.78 is 27.9. The molecule has 1 saturated heterocycles. The summed E-state index contributed by atoms with van der Waals surface area (Å²) in [6.45, 7) is 0.0837. The maximum atomic E-state index is 12.7. The van der Waals surface area contributed by atoms with Gasteiger partial charge in [-0.3, -0.25) is 15.1 Å². The molecule has 2 atom stereocenters. The SMILES string of the molecule is O=C1NC(=O)C2(CCCC2CNS(=O)(=O)c2ccc(-c3cccnc3)cc2)N1. The van der Waals surface area contributed by atoms with E-state index < -0.39 is 21.6 Å². The molecule has 0 radical (unpaired) electrons. The summed E-state index contributed by atoms with van der Waals surface area (Å²) in [4.78, 5) is 28.0. The van der Waals surface area contributed by atoms with Crippen LogP contribution < -0.4 is 15.4 Å². The number of imide groups is 1. The molecule has 28 heavy (non-hydrogen) atoms. The Morgan fingerprint density at radius 1 is 1.14 bits per heavy atom. The van der Waals surface area contributed by atoms with Crippen LogP contribution in [0.4, 0.5) is 4.79 Å². The Bertz CT molecular complexity index is 1010. The van der Waals surface area contributed by atoms with E-state index in [4.69, 9.17) is 0 Å². The van der Waals surface area contributed by atoms with Crippen molar-refractivity contribution in [1.82, 2.24) is 20.3 Å². The Balaban J connectivity index is 1.47. The largest absolute Gasteiger partial charge is 0.323 e. The van der Waals surface area contributed by atoms with Crippen LogP contribution in [-0.2, 0) is 14.8 Å². The van der Waals surface area contributed by atoms with Gasteiger partial charge in [0.2, 0.25) is 10.0 Å². The lowest BCUT2D eigenvalue weighted by Crippen LogP contribution is -2.53. The standard InChI is InChI=1S/C19H20N4O4S/c24-17-19(23-18(25)22-17)9-1-4-15(19)12-21-28(26,27)16-7-5-13(6-8-16)14-3-2-10-20-11-14/h2-3,5-8,10-11,15,21H,1,4,9,12H2,(H2,22,23,24,25). The monoisotopic (exact) mass is 400 g/mol. The first-order valence-corrected chi connectivity index (χ1v) is 10.5. The third-order valence-corrected chi connectivity index (χ3v) is 6.91. The summed E-state index contributed by atoms with van der Waals surface area (Å²) in [5.74, 6) is -0.664. The number of aromatic nitrogens is 1. The van der Waals surface area contributed by atoms with Crippen molar-refractivity contribution in [1.29, 1.82) is 0 Å². The highest BCUT2D eigenvalue weighted by atomic mass is 32.2. The van der Waals surface area contributed by atoms with Crippen LogP contribution >= 0.6 is 0 Å². The number of carbonyl (C=O) groups excluding carboxylic acids is 2. The molecule has 2 unspecified atom stereocenters. The Labute approximate surface area is 162 Å². The highest BCUT2D eigenvalue weighted by molar-refractivity contribution is 7.89. The van der Waals surface area contributed by atoms with Crippen LogP contribution in [0.5, 0.6) is 0 Å². The van der Waals surface area contributed by atoms with E-state index in [9.17, 15) is 18.0 Å². The number of benzene rings is 1. The number of urea groups is 1. The van der Waals surface area contributed by atoms with Gasteiger partial charge >= 0.3 is 6.03 Å². The minimum atomic E-state index is -3.73.